The van der Waals surface area contributed by atoms with E-state index in [0.717, 1.165) is 154 Å². The fraction of sp³-hybridized carbons (Fsp3) is 0.632. The highest BCUT2D eigenvalue weighted by Crippen LogP contribution is 2.45. The fourth-order valence-corrected chi connectivity index (χ4v) is 11.7. The summed E-state index contributed by atoms with van der Waals surface area (Å²) >= 11 is 0. The molecule has 0 fully saturated rings. The molecule has 5 unspecified atom stereocenters. The maximum atomic E-state index is 13.1. The molecule has 0 aliphatic carbocycles. The van der Waals surface area contributed by atoms with Crippen LogP contribution in [0.3, 0.4) is 0 Å². The summed E-state index contributed by atoms with van der Waals surface area (Å²) in [5, 5.41) is 10.6. The minimum absolute atomic E-state index is 0.00545. The number of allylic oxidation sites excluding steroid dienone is 27. The molecule has 106 heavy (non-hydrogen) atoms. The Morgan fingerprint density at radius 1 is 0.283 bits per heavy atom. The van der Waals surface area contributed by atoms with Gasteiger partial charge in [-0.1, -0.05) is 288 Å². The topological polar surface area (TPSA) is 237 Å². The number of phosphoric ester groups is 2. The molecule has 0 spiro atoms. The first-order valence-corrected chi connectivity index (χ1v) is 43.4. The van der Waals surface area contributed by atoms with Gasteiger partial charge in [0, 0.05) is 19.3 Å². The molecule has 0 aromatic rings. The smallest absolute Gasteiger partial charge is 0.462 e. The molecule has 0 aliphatic heterocycles. The van der Waals surface area contributed by atoms with Crippen LogP contribution in [-0.2, 0) is 65.4 Å². The summed E-state index contributed by atoms with van der Waals surface area (Å²) in [4.78, 5) is 73.0. The molecule has 0 aromatic heterocycles. The lowest BCUT2D eigenvalue weighted by Gasteiger charge is -2.21. The molecule has 0 bridgehead atoms. The number of aliphatic hydroxyl groups is 1. The van der Waals surface area contributed by atoms with Crippen molar-refractivity contribution in [2.75, 3.05) is 39.6 Å². The predicted octanol–water partition coefficient (Wildman–Crippen LogP) is 23.8. The molecule has 0 amide bonds. The Kier molecular flexibility index (Phi) is 73.5. The molecule has 3 N–H and O–H groups in total. The summed E-state index contributed by atoms with van der Waals surface area (Å²) in [6, 6.07) is 0. The van der Waals surface area contributed by atoms with E-state index in [9.17, 15) is 43.2 Å². The Labute approximate surface area is 642 Å². The first-order chi connectivity index (χ1) is 51.7. The van der Waals surface area contributed by atoms with Crippen LogP contribution in [0.5, 0.6) is 0 Å². The second-order valence-corrected chi connectivity index (χ2v) is 29.2. The van der Waals surface area contributed by atoms with Crippen LogP contribution in [0.25, 0.3) is 0 Å². The first-order valence-electron chi connectivity index (χ1n) is 40.4. The summed E-state index contributed by atoms with van der Waals surface area (Å²) < 4.78 is 68.4. The number of rotatable bonds is 74. The number of unbranched alkanes of at least 4 members (excludes halogenated alkanes) is 21. The van der Waals surface area contributed by atoms with Gasteiger partial charge in [0.15, 0.2) is 12.2 Å². The summed E-state index contributed by atoms with van der Waals surface area (Å²) in [6.45, 7) is 4.40. The van der Waals surface area contributed by atoms with Crippen LogP contribution in [0.4, 0.5) is 0 Å². The van der Waals surface area contributed by atoms with Crippen molar-refractivity contribution in [3.63, 3.8) is 0 Å². The number of ether oxygens (including phenoxy) is 4. The van der Waals surface area contributed by atoms with Gasteiger partial charge in [-0.05, 0) is 154 Å². The van der Waals surface area contributed by atoms with Crippen LogP contribution in [-0.4, -0.2) is 96.7 Å². The number of aliphatic hydroxyl groups excluding tert-OH is 1. The monoisotopic (exact) mass is 1520 g/mol. The van der Waals surface area contributed by atoms with Gasteiger partial charge >= 0.3 is 39.5 Å². The predicted molar refractivity (Wildman–Crippen MR) is 436 cm³/mol. The van der Waals surface area contributed by atoms with Crippen LogP contribution >= 0.6 is 15.6 Å². The average molecular weight is 1520 g/mol. The van der Waals surface area contributed by atoms with Gasteiger partial charge < -0.3 is 33.8 Å². The van der Waals surface area contributed by atoms with E-state index in [-0.39, 0.29) is 25.7 Å². The van der Waals surface area contributed by atoms with Crippen molar-refractivity contribution in [3.8, 4) is 0 Å². The van der Waals surface area contributed by atoms with Gasteiger partial charge in [-0.15, -0.1) is 0 Å². The maximum Gasteiger partial charge on any atom is 0.472 e. The molecular formula is C87H142O17P2. The van der Waals surface area contributed by atoms with E-state index in [1.807, 2.05) is 30.4 Å². The normalized spacial score (nSPS) is 14.7. The Morgan fingerprint density at radius 3 is 0.906 bits per heavy atom. The SMILES string of the molecule is CC/C=C\C/C=C\C/C=C\C/C=C\C/C=C\CCCC(=O)OC(COC(=O)CCCCCCCC/C=C\C/C=C\C/C=C\CCCCC)COP(=O)(O)OCC(O)COP(=O)(O)OCC(COC(=O)C/C=C\C/C=C\C/C=C\C/C=C\C/C=C\CC)OC(=O)CCCCCCC/C=C\CCCCCCCC. The summed E-state index contributed by atoms with van der Waals surface area (Å²) in [5.74, 6) is -2.43. The van der Waals surface area contributed by atoms with Crippen molar-refractivity contribution in [1.29, 1.82) is 0 Å². The number of carbonyl (C=O) groups excluding carboxylic acids is 4. The van der Waals surface area contributed by atoms with E-state index >= 15 is 0 Å². The number of hydrogen-bond donors (Lipinski definition) is 3. The maximum absolute atomic E-state index is 13.1. The zero-order chi connectivity index (χ0) is 77.4. The minimum Gasteiger partial charge on any atom is -0.462 e. The molecule has 19 heteroatoms. The van der Waals surface area contributed by atoms with Crippen molar-refractivity contribution >= 4 is 39.5 Å². The van der Waals surface area contributed by atoms with Gasteiger partial charge in [-0.2, -0.15) is 0 Å². The average Bonchev–Trinajstić information content (AvgIpc) is 0.907. The van der Waals surface area contributed by atoms with Gasteiger partial charge in [0.05, 0.1) is 32.8 Å². The lowest BCUT2D eigenvalue weighted by molar-refractivity contribution is -0.161. The van der Waals surface area contributed by atoms with Crippen molar-refractivity contribution in [1.82, 2.24) is 0 Å². The molecule has 0 aromatic carbocycles. The third-order valence-corrected chi connectivity index (χ3v) is 18.1. The van der Waals surface area contributed by atoms with Crippen molar-refractivity contribution in [2.45, 2.75) is 316 Å². The van der Waals surface area contributed by atoms with Crippen LogP contribution in [0.15, 0.2) is 170 Å². The Bertz CT molecular complexity index is 2680. The molecule has 0 heterocycles. The highest BCUT2D eigenvalue weighted by atomic mass is 31.2. The highest BCUT2D eigenvalue weighted by Gasteiger charge is 2.30. The third-order valence-electron chi connectivity index (χ3n) is 16.2. The van der Waals surface area contributed by atoms with Crippen LogP contribution in [0, 0.1) is 0 Å². The van der Waals surface area contributed by atoms with Crippen LogP contribution in [0.1, 0.15) is 297 Å². The number of esters is 4. The zero-order valence-electron chi connectivity index (χ0n) is 65.8. The lowest BCUT2D eigenvalue weighted by atomic mass is 10.1. The van der Waals surface area contributed by atoms with Crippen molar-refractivity contribution < 1.29 is 80.2 Å². The number of hydrogen-bond acceptors (Lipinski definition) is 15. The molecular weight excluding hydrogens is 1380 g/mol. The molecule has 0 saturated heterocycles. The van der Waals surface area contributed by atoms with E-state index in [1.165, 1.54) is 57.8 Å². The fourth-order valence-electron chi connectivity index (χ4n) is 10.1. The van der Waals surface area contributed by atoms with E-state index < -0.39 is 97.5 Å². The van der Waals surface area contributed by atoms with Gasteiger partial charge in [0.1, 0.15) is 19.3 Å². The Balaban J connectivity index is 5.51. The van der Waals surface area contributed by atoms with Gasteiger partial charge in [0.2, 0.25) is 0 Å². The first kappa shape index (κ1) is 100. The molecule has 0 radical (unpaired) electrons. The second-order valence-electron chi connectivity index (χ2n) is 26.3. The summed E-state index contributed by atoms with van der Waals surface area (Å²) in [7, 11) is -10.0. The molecule has 0 aliphatic rings. The van der Waals surface area contributed by atoms with E-state index in [4.69, 9.17) is 37.0 Å². The molecule has 0 rings (SSSR count). The molecule has 17 nitrogen and oxygen atoms in total. The second kappa shape index (κ2) is 77.6. The quantitative estimate of drug-likeness (QED) is 0.0169. The van der Waals surface area contributed by atoms with Gasteiger partial charge in [-0.25, -0.2) is 9.13 Å². The van der Waals surface area contributed by atoms with Gasteiger partial charge in [0.25, 0.3) is 0 Å². The molecule has 0 saturated carbocycles. The lowest BCUT2D eigenvalue weighted by Crippen LogP contribution is -2.30. The van der Waals surface area contributed by atoms with E-state index in [2.05, 4.69) is 161 Å². The van der Waals surface area contributed by atoms with Gasteiger partial charge in [-0.3, -0.25) is 37.3 Å². The van der Waals surface area contributed by atoms with Crippen LogP contribution < -0.4 is 0 Å². The highest BCUT2D eigenvalue weighted by molar-refractivity contribution is 7.47. The molecule has 5 atom stereocenters. The van der Waals surface area contributed by atoms with E-state index in [0.29, 0.717) is 32.1 Å². The third kappa shape index (κ3) is 76.6. The van der Waals surface area contributed by atoms with E-state index in [1.54, 1.807) is 6.08 Å². The van der Waals surface area contributed by atoms with Crippen molar-refractivity contribution in [3.05, 3.63) is 170 Å². The summed E-state index contributed by atoms with van der Waals surface area (Å²) in [5.41, 5.74) is 0. The number of phosphoric acid groups is 2. The number of carbonyl (C=O) groups is 4. The van der Waals surface area contributed by atoms with Crippen LogP contribution in [0.2, 0.25) is 0 Å². The van der Waals surface area contributed by atoms with Crippen molar-refractivity contribution in [2.24, 2.45) is 0 Å². The Morgan fingerprint density at radius 2 is 0.538 bits per heavy atom. The summed E-state index contributed by atoms with van der Waals surface area (Å²) in [6.07, 6.45) is 92.3. The molecule has 602 valence electrons. The minimum atomic E-state index is -5.01. The zero-order valence-corrected chi connectivity index (χ0v) is 67.6. The standard InChI is InChI=1S/C87H142O17P2/c1-5-9-13-17-21-25-29-33-37-39-40-42-45-48-52-56-60-64-68-72-85(90)98-78-83(104-87(92)74-70-66-62-58-54-50-46-41-38-34-30-26-22-18-14-10-6-2)80-102-106(95,96)100-76-81(88)75-99-105(93,94)101-79-82(103-86(91)73-69-65-61-57-53-49-44-36-32-28-24-20-16-12-8-4)77-97-84(89)71-67-63-59-55-51-47-43-35-31-27-23-19-15-11-7-3/h10-11,14-15,21-23,25-27,33-38,40,42-44,46,50-51,55,58,62-63,67,81-83,88H,5-9,12-13,16-20,24,28-32,39,41,45,47-49,52-54,56-57,59-61,64-66,68-80H2,1-4H3,(H,93,94)(H,95,96)/b14-10-,15-11-,25-21-,26-22-,27-23-,37-33-,38-34-,42-40-,43-35-,44-36-,50-46-,55-51-,62-58-,67-63-. The largest absolute Gasteiger partial charge is 0.472 e. The Hall–Kier alpha value is -5.58.